The summed E-state index contributed by atoms with van der Waals surface area (Å²) < 4.78 is 5.32. The van der Waals surface area contributed by atoms with Crippen molar-refractivity contribution >= 4 is 11.7 Å². The summed E-state index contributed by atoms with van der Waals surface area (Å²) in [7, 11) is 0. The number of hydrogen-bond donors (Lipinski definition) is 1. The van der Waals surface area contributed by atoms with E-state index in [1.807, 2.05) is 19.1 Å². The van der Waals surface area contributed by atoms with E-state index in [0.717, 1.165) is 49.5 Å². The van der Waals surface area contributed by atoms with E-state index in [1.165, 1.54) is 0 Å². The van der Waals surface area contributed by atoms with Gasteiger partial charge in [0.25, 0.3) is 0 Å². The first-order chi connectivity index (χ1) is 12.2. The van der Waals surface area contributed by atoms with Crippen molar-refractivity contribution in [3.63, 3.8) is 0 Å². The Kier molecular flexibility index (Phi) is 4.48. The summed E-state index contributed by atoms with van der Waals surface area (Å²) in [5.74, 6) is 2.62. The van der Waals surface area contributed by atoms with Gasteiger partial charge in [-0.15, -0.1) is 0 Å². The lowest BCUT2D eigenvalue weighted by atomic mass is 9.97. The van der Waals surface area contributed by atoms with Gasteiger partial charge in [0.1, 0.15) is 5.82 Å². The molecule has 2 aliphatic rings. The van der Waals surface area contributed by atoms with Gasteiger partial charge in [-0.1, -0.05) is 11.2 Å². The van der Waals surface area contributed by atoms with E-state index in [4.69, 9.17) is 4.52 Å². The summed E-state index contributed by atoms with van der Waals surface area (Å²) in [4.78, 5) is 23.6. The minimum Gasteiger partial charge on any atom is -0.339 e. The second-order valence-corrected chi connectivity index (χ2v) is 7.06. The molecule has 4 rings (SSSR count). The molecule has 0 aromatic carbocycles. The molecule has 1 aliphatic heterocycles. The molecule has 1 aliphatic carbocycles. The quantitative estimate of drug-likeness (QED) is 0.899. The number of likely N-dealkylation sites (tertiary alicyclic amines) is 1. The van der Waals surface area contributed by atoms with Crippen molar-refractivity contribution < 1.29 is 9.32 Å². The molecule has 7 nitrogen and oxygen atoms in total. The van der Waals surface area contributed by atoms with Gasteiger partial charge in [-0.05, 0) is 50.8 Å². The van der Waals surface area contributed by atoms with E-state index in [2.05, 4.69) is 25.3 Å². The highest BCUT2D eigenvalue weighted by molar-refractivity contribution is 5.92. The first-order valence-electron chi connectivity index (χ1n) is 8.96. The van der Waals surface area contributed by atoms with Gasteiger partial charge in [0.2, 0.25) is 11.8 Å². The number of pyridine rings is 1. The maximum atomic E-state index is 12.6. The fraction of sp³-hybridized carbons (Fsp3) is 0.556. The molecule has 25 heavy (non-hydrogen) atoms. The zero-order valence-corrected chi connectivity index (χ0v) is 14.4. The zero-order valence-electron chi connectivity index (χ0n) is 14.4. The number of aromatic nitrogens is 3. The minimum atomic E-state index is -0.0371. The molecule has 1 atom stereocenters. The molecule has 7 heteroatoms. The molecule has 2 fully saturated rings. The Morgan fingerprint density at radius 1 is 1.40 bits per heavy atom. The van der Waals surface area contributed by atoms with Crippen LogP contribution in [0.15, 0.2) is 22.9 Å². The highest BCUT2D eigenvalue weighted by Crippen LogP contribution is 2.38. The highest BCUT2D eigenvalue weighted by Gasteiger charge is 2.31. The van der Waals surface area contributed by atoms with E-state index in [9.17, 15) is 4.79 Å². The Morgan fingerprint density at radius 3 is 3.08 bits per heavy atom. The van der Waals surface area contributed by atoms with Crippen molar-refractivity contribution in [2.45, 2.75) is 45.1 Å². The van der Waals surface area contributed by atoms with Gasteiger partial charge in [0.05, 0.1) is 12.5 Å². The number of amides is 1. The number of carbonyl (C=O) groups is 1. The lowest BCUT2D eigenvalue weighted by molar-refractivity contribution is -0.121. The van der Waals surface area contributed by atoms with Crippen molar-refractivity contribution in [1.29, 1.82) is 0 Å². The van der Waals surface area contributed by atoms with Gasteiger partial charge in [-0.3, -0.25) is 9.69 Å². The molecule has 132 valence electrons. The second kappa shape index (κ2) is 6.92. The van der Waals surface area contributed by atoms with Crippen LogP contribution in [0.25, 0.3) is 0 Å². The number of hydrogen-bond acceptors (Lipinski definition) is 6. The Labute approximate surface area is 146 Å². The first-order valence-corrected chi connectivity index (χ1v) is 8.96. The number of anilines is 1. The summed E-state index contributed by atoms with van der Waals surface area (Å²) in [5, 5.41) is 7.05. The van der Waals surface area contributed by atoms with Crippen LogP contribution in [0.1, 0.15) is 48.9 Å². The third-order valence-corrected chi connectivity index (χ3v) is 4.90. The number of carbonyl (C=O) groups excluding carboxylic acids is 1. The molecular formula is C18H23N5O2. The normalized spacial score (nSPS) is 21.2. The second-order valence-electron chi connectivity index (χ2n) is 7.06. The molecular weight excluding hydrogens is 318 g/mol. The van der Waals surface area contributed by atoms with E-state index in [-0.39, 0.29) is 11.8 Å². The predicted octanol–water partition coefficient (Wildman–Crippen LogP) is 2.50. The molecule has 0 bridgehead atoms. The molecule has 1 saturated carbocycles. The van der Waals surface area contributed by atoms with Crippen LogP contribution in [0.5, 0.6) is 0 Å². The molecule has 2 aromatic rings. The fourth-order valence-electron chi connectivity index (χ4n) is 3.28. The average molecular weight is 341 g/mol. The van der Waals surface area contributed by atoms with Gasteiger partial charge in [-0.25, -0.2) is 4.98 Å². The third kappa shape index (κ3) is 3.87. The summed E-state index contributed by atoms with van der Waals surface area (Å²) in [6.45, 7) is 4.26. The maximum Gasteiger partial charge on any atom is 0.229 e. The molecule has 2 aromatic heterocycles. The van der Waals surface area contributed by atoms with Crippen molar-refractivity contribution in [1.82, 2.24) is 20.0 Å². The van der Waals surface area contributed by atoms with Gasteiger partial charge in [0.15, 0.2) is 5.82 Å². The largest absolute Gasteiger partial charge is 0.339 e. The molecule has 1 saturated heterocycles. The molecule has 0 radical (unpaired) electrons. The topological polar surface area (TPSA) is 84.2 Å². The maximum absolute atomic E-state index is 12.6. The van der Waals surface area contributed by atoms with Crippen LogP contribution in [-0.2, 0) is 11.3 Å². The van der Waals surface area contributed by atoms with Gasteiger partial charge in [-0.2, -0.15) is 4.98 Å². The number of rotatable bonds is 5. The monoisotopic (exact) mass is 341 g/mol. The van der Waals surface area contributed by atoms with E-state index in [0.29, 0.717) is 24.8 Å². The van der Waals surface area contributed by atoms with Crippen LogP contribution in [0.2, 0.25) is 0 Å². The Bertz CT molecular complexity index is 755. The SMILES string of the molecule is Cc1cccnc1NC(=O)[C@H]1CCCN(Cc2noc(C3CC3)n2)C1. The molecule has 0 unspecified atom stereocenters. The standard InChI is InChI=1S/C18H23N5O2/c1-12-4-2-8-19-16(12)21-17(24)14-5-3-9-23(10-14)11-15-20-18(25-22-15)13-6-7-13/h2,4,8,13-14H,3,5-7,9-11H2,1H3,(H,19,21,24)/t14-/m0/s1. The van der Waals surface area contributed by atoms with Crippen molar-refractivity contribution in [2.75, 3.05) is 18.4 Å². The van der Waals surface area contributed by atoms with Crippen LogP contribution >= 0.6 is 0 Å². The van der Waals surface area contributed by atoms with Gasteiger partial charge in [0, 0.05) is 18.7 Å². The van der Waals surface area contributed by atoms with Crippen LogP contribution < -0.4 is 5.32 Å². The Balaban J connectivity index is 1.35. The Morgan fingerprint density at radius 2 is 2.28 bits per heavy atom. The lowest BCUT2D eigenvalue weighted by Crippen LogP contribution is -2.40. The van der Waals surface area contributed by atoms with E-state index < -0.39 is 0 Å². The summed E-state index contributed by atoms with van der Waals surface area (Å²) in [5.41, 5.74) is 0.975. The lowest BCUT2D eigenvalue weighted by Gasteiger charge is -2.31. The fourth-order valence-corrected chi connectivity index (χ4v) is 3.28. The third-order valence-electron chi connectivity index (χ3n) is 4.90. The molecule has 1 amide bonds. The number of nitrogens with zero attached hydrogens (tertiary/aromatic N) is 4. The summed E-state index contributed by atoms with van der Waals surface area (Å²) in [6.07, 6.45) is 5.89. The van der Waals surface area contributed by atoms with Gasteiger partial charge < -0.3 is 9.84 Å². The average Bonchev–Trinajstić information content (AvgIpc) is 3.37. The Hall–Kier alpha value is -2.28. The zero-order chi connectivity index (χ0) is 17.2. The predicted molar refractivity (Wildman–Crippen MR) is 91.9 cm³/mol. The highest BCUT2D eigenvalue weighted by atomic mass is 16.5. The molecule has 3 heterocycles. The summed E-state index contributed by atoms with van der Waals surface area (Å²) in [6, 6.07) is 3.82. The van der Waals surface area contributed by atoms with Gasteiger partial charge >= 0.3 is 0 Å². The van der Waals surface area contributed by atoms with Crippen molar-refractivity contribution in [3.8, 4) is 0 Å². The number of piperidine rings is 1. The van der Waals surface area contributed by atoms with E-state index in [1.54, 1.807) is 6.20 Å². The van der Waals surface area contributed by atoms with E-state index >= 15 is 0 Å². The first kappa shape index (κ1) is 16.2. The van der Waals surface area contributed by atoms with Crippen LogP contribution in [0.3, 0.4) is 0 Å². The van der Waals surface area contributed by atoms with Crippen LogP contribution in [0, 0.1) is 12.8 Å². The van der Waals surface area contributed by atoms with Crippen molar-refractivity contribution in [3.05, 3.63) is 35.6 Å². The van der Waals surface area contributed by atoms with Crippen LogP contribution in [0.4, 0.5) is 5.82 Å². The van der Waals surface area contributed by atoms with Crippen molar-refractivity contribution in [2.24, 2.45) is 5.92 Å². The minimum absolute atomic E-state index is 0.0371. The number of nitrogens with one attached hydrogen (secondary N) is 1. The van der Waals surface area contributed by atoms with Crippen LogP contribution in [-0.4, -0.2) is 39.0 Å². The summed E-state index contributed by atoms with van der Waals surface area (Å²) >= 11 is 0. The smallest absolute Gasteiger partial charge is 0.229 e. The number of aryl methyl sites for hydroxylation is 1. The molecule has 1 N–H and O–H groups in total. The molecule has 0 spiro atoms.